The number of likely N-dealkylation sites (tertiary alicyclic amines) is 1. The van der Waals surface area contributed by atoms with Crippen LogP contribution >= 0.6 is 0 Å². The topological polar surface area (TPSA) is 47.7 Å². The molecule has 2 aliphatic rings. The molecule has 1 aromatic rings. The van der Waals surface area contributed by atoms with Crippen LogP contribution in [0.15, 0.2) is 18.2 Å². The fourth-order valence-electron chi connectivity index (χ4n) is 3.23. The smallest absolute Gasteiger partial charge is 0.161 e. The van der Waals surface area contributed by atoms with Crippen LogP contribution in [0.4, 0.5) is 0 Å². The van der Waals surface area contributed by atoms with E-state index in [0.717, 1.165) is 50.8 Å². The summed E-state index contributed by atoms with van der Waals surface area (Å²) in [6.07, 6.45) is 3.38. The molecule has 1 atom stereocenters. The first-order valence-electron chi connectivity index (χ1n) is 8.11. The van der Waals surface area contributed by atoms with Gasteiger partial charge in [0, 0.05) is 12.5 Å². The second-order valence-electron chi connectivity index (χ2n) is 6.15. The van der Waals surface area contributed by atoms with Crippen molar-refractivity contribution in [2.45, 2.75) is 32.2 Å². The highest BCUT2D eigenvalue weighted by molar-refractivity contribution is 5.44. The number of nitrogens with zero attached hydrogens (tertiary/aromatic N) is 1. The predicted octanol–water partition coefficient (Wildman–Crippen LogP) is 2.58. The molecule has 0 aromatic heterocycles. The summed E-state index contributed by atoms with van der Waals surface area (Å²) in [7, 11) is 0. The first-order chi connectivity index (χ1) is 10.3. The predicted molar refractivity (Wildman–Crippen MR) is 83.8 cm³/mol. The van der Waals surface area contributed by atoms with Crippen molar-refractivity contribution in [2.75, 3.05) is 32.8 Å². The minimum atomic E-state index is 0.417. The molecule has 0 bridgehead atoms. The summed E-state index contributed by atoms with van der Waals surface area (Å²) in [5.41, 5.74) is 7.09. The third-order valence-corrected chi connectivity index (χ3v) is 4.78. The summed E-state index contributed by atoms with van der Waals surface area (Å²) in [6.45, 7) is 6.87. The van der Waals surface area contributed by atoms with Gasteiger partial charge in [-0.15, -0.1) is 0 Å². The van der Waals surface area contributed by atoms with Crippen molar-refractivity contribution in [3.05, 3.63) is 23.8 Å². The molecule has 1 saturated heterocycles. The molecule has 116 valence electrons. The van der Waals surface area contributed by atoms with Crippen molar-refractivity contribution in [2.24, 2.45) is 11.7 Å². The van der Waals surface area contributed by atoms with Crippen LogP contribution in [0.2, 0.25) is 0 Å². The van der Waals surface area contributed by atoms with Gasteiger partial charge in [-0.05, 0) is 63.0 Å². The standard InChI is InChI=1S/C17H26N2O2/c1-13(19-7-5-14(12-18)6-8-19)15-3-4-16-17(11-15)21-10-2-9-20-16/h3-4,11,13-14H,2,5-10,12,18H2,1H3. The third kappa shape index (κ3) is 3.33. The highest BCUT2D eigenvalue weighted by Gasteiger charge is 2.23. The molecule has 0 aliphatic carbocycles. The second kappa shape index (κ2) is 6.67. The Morgan fingerprint density at radius 3 is 2.62 bits per heavy atom. The number of nitrogens with two attached hydrogens (primary N) is 1. The van der Waals surface area contributed by atoms with Crippen LogP contribution in [0.5, 0.6) is 11.5 Å². The third-order valence-electron chi connectivity index (χ3n) is 4.78. The van der Waals surface area contributed by atoms with Crippen LogP contribution in [-0.2, 0) is 0 Å². The average molecular weight is 290 g/mol. The maximum Gasteiger partial charge on any atom is 0.161 e. The van der Waals surface area contributed by atoms with Crippen molar-refractivity contribution in [1.82, 2.24) is 4.90 Å². The normalized spacial score (nSPS) is 21.8. The maximum absolute atomic E-state index is 5.80. The largest absolute Gasteiger partial charge is 0.490 e. The molecule has 0 saturated carbocycles. The van der Waals surface area contributed by atoms with Crippen LogP contribution in [0, 0.1) is 5.92 Å². The summed E-state index contributed by atoms with van der Waals surface area (Å²) in [4.78, 5) is 2.55. The minimum absolute atomic E-state index is 0.417. The molecule has 1 fully saturated rings. The number of fused-ring (bicyclic) bond motifs is 1. The van der Waals surface area contributed by atoms with Gasteiger partial charge in [-0.1, -0.05) is 6.07 Å². The molecule has 2 heterocycles. The van der Waals surface area contributed by atoms with Gasteiger partial charge in [0.05, 0.1) is 13.2 Å². The molecule has 0 amide bonds. The lowest BCUT2D eigenvalue weighted by molar-refractivity contribution is 0.143. The van der Waals surface area contributed by atoms with E-state index in [1.807, 2.05) is 0 Å². The fourth-order valence-corrected chi connectivity index (χ4v) is 3.23. The number of hydrogen-bond acceptors (Lipinski definition) is 4. The summed E-state index contributed by atoms with van der Waals surface area (Å²) < 4.78 is 11.5. The van der Waals surface area contributed by atoms with Gasteiger partial charge in [0.15, 0.2) is 11.5 Å². The Labute approximate surface area is 127 Å². The molecule has 3 rings (SSSR count). The highest BCUT2D eigenvalue weighted by atomic mass is 16.5. The Morgan fingerprint density at radius 2 is 1.90 bits per heavy atom. The Morgan fingerprint density at radius 1 is 1.19 bits per heavy atom. The van der Waals surface area contributed by atoms with E-state index in [1.54, 1.807) is 0 Å². The van der Waals surface area contributed by atoms with Gasteiger partial charge in [0.2, 0.25) is 0 Å². The highest BCUT2D eigenvalue weighted by Crippen LogP contribution is 2.34. The van der Waals surface area contributed by atoms with Crippen molar-refractivity contribution in [1.29, 1.82) is 0 Å². The van der Waals surface area contributed by atoms with Crippen LogP contribution in [-0.4, -0.2) is 37.7 Å². The lowest BCUT2D eigenvalue weighted by Crippen LogP contribution is -2.37. The number of rotatable bonds is 3. The number of piperidine rings is 1. The lowest BCUT2D eigenvalue weighted by Gasteiger charge is -2.36. The quantitative estimate of drug-likeness (QED) is 0.929. The average Bonchev–Trinajstić information content (AvgIpc) is 2.79. The fraction of sp³-hybridized carbons (Fsp3) is 0.647. The van der Waals surface area contributed by atoms with E-state index < -0.39 is 0 Å². The molecular weight excluding hydrogens is 264 g/mol. The SMILES string of the molecule is CC(c1ccc2c(c1)OCCCO2)N1CCC(CN)CC1. The molecule has 0 spiro atoms. The van der Waals surface area contributed by atoms with Crippen LogP contribution in [0.25, 0.3) is 0 Å². The molecule has 2 N–H and O–H groups in total. The maximum atomic E-state index is 5.80. The van der Waals surface area contributed by atoms with Crippen molar-refractivity contribution < 1.29 is 9.47 Å². The first kappa shape index (κ1) is 14.7. The Hall–Kier alpha value is -1.26. The number of hydrogen-bond donors (Lipinski definition) is 1. The van der Waals surface area contributed by atoms with Gasteiger partial charge in [0.1, 0.15) is 0 Å². The van der Waals surface area contributed by atoms with E-state index in [9.17, 15) is 0 Å². The van der Waals surface area contributed by atoms with Gasteiger partial charge < -0.3 is 15.2 Å². The summed E-state index contributed by atoms with van der Waals surface area (Å²) in [5, 5.41) is 0. The number of benzene rings is 1. The Bertz CT molecular complexity index is 470. The van der Waals surface area contributed by atoms with Gasteiger partial charge in [0.25, 0.3) is 0 Å². The van der Waals surface area contributed by atoms with Gasteiger partial charge >= 0.3 is 0 Å². The van der Waals surface area contributed by atoms with Crippen LogP contribution in [0.1, 0.15) is 37.8 Å². The van der Waals surface area contributed by atoms with E-state index in [1.165, 1.54) is 18.4 Å². The Balaban J connectivity index is 1.70. The molecule has 1 aromatic carbocycles. The lowest BCUT2D eigenvalue weighted by atomic mass is 9.95. The second-order valence-corrected chi connectivity index (χ2v) is 6.15. The number of ether oxygens (including phenoxy) is 2. The monoisotopic (exact) mass is 290 g/mol. The molecular formula is C17H26N2O2. The minimum Gasteiger partial charge on any atom is -0.490 e. The van der Waals surface area contributed by atoms with Crippen molar-refractivity contribution in [3.8, 4) is 11.5 Å². The van der Waals surface area contributed by atoms with E-state index >= 15 is 0 Å². The van der Waals surface area contributed by atoms with E-state index in [-0.39, 0.29) is 0 Å². The molecule has 4 heteroatoms. The first-order valence-corrected chi connectivity index (χ1v) is 8.11. The molecule has 21 heavy (non-hydrogen) atoms. The van der Waals surface area contributed by atoms with E-state index in [0.29, 0.717) is 12.0 Å². The Kier molecular flexibility index (Phi) is 4.66. The van der Waals surface area contributed by atoms with Gasteiger partial charge in [-0.3, -0.25) is 4.90 Å². The van der Waals surface area contributed by atoms with E-state index in [2.05, 4.69) is 30.0 Å². The summed E-state index contributed by atoms with van der Waals surface area (Å²) >= 11 is 0. The zero-order valence-corrected chi connectivity index (χ0v) is 12.9. The molecule has 4 nitrogen and oxygen atoms in total. The molecule has 1 unspecified atom stereocenters. The van der Waals surface area contributed by atoms with Crippen LogP contribution in [0.3, 0.4) is 0 Å². The summed E-state index contributed by atoms with van der Waals surface area (Å²) in [6, 6.07) is 6.80. The molecule has 0 radical (unpaired) electrons. The zero-order valence-electron chi connectivity index (χ0n) is 12.9. The van der Waals surface area contributed by atoms with Gasteiger partial charge in [-0.2, -0.15) is 0 Å². The molecule has 2 aliphatic heterocycles. The van der Waals surface area contributed by atoms with Crippen molar-refractivity contribution >= 4 is 0 Å². The van der Waals surface area contributed by atoms with Crippen molar-refractivity contribution in [3.63, 3.8) is 0 Å². The zero-order chi connectivity index (χ0) is 14.7. The van der Waals surface area contributed by atoms with Gasteiger partial charge in [-0.25, -0.2) is 0 Å². The van der Waals surface area contributed by atoms with E-state index in [4.69, 9.17) is 15.2 Å². The van der Waals surface area contributed by atoms with Crippen LogP contribution < -0.4 is 15.2 Å². The summed E-state index contributed by atoms with van der Waals surface area (Å²) in [5.74, 6) is 2.48.